The van der Waals surface area contributed by atoms with E-state index in [1.807, 2.05) is 41.5 Å². The number of rotatable bonds is 12. The first-order valence-electron chi connectivity index (χ1n) is 30.4. The lowest BCUT2D eigenvalue weighted by Gasteiger charge is -2.28. The van der Waals surface area contributed by atoms with Gasteiger partial charge in [0.15, 0.2) is 0 Å². The predicted molar refractivity (Wildman–Crippen MR) is 338 cm³/mol. The van der Waals surface area contributed by atoms with E-state index in [2.05, 4.69) is 63.8 Å². The molecule has 3 heterocycles. The van der Waals surface area contributed by atoms with Gasteiger partial charge in [0.1, 0.15) is 0 Å². The van der Waals surface area contributed by atoms with Crippen LogP contribution in [0.3, 0.4) is 0 Å². The van der Waals surface area contributed by atoms with E-state index in [9.17, 15) is 43.2 Å². The molecule has 12 N–H and O–H groups in total. The van der Waals surface area contributed by atoms with E-state index in [0.29, 0.717) is 49.7 Å². The van der Waals surface area contributed by atoms with E-state index in [1.165, 1.54) is 54.8 Å². The average molecular weight is 1220 g/mol. The van der Waals surface area contributed by atoms with Crippen molar-refractivity contribution in [2.45, 2.75) is 153 Å². The van der Waals surface area contributed by atoms with Crippen LogP contribution in [-0.4, -0.2) is 79.8 Å². The van der Waals surface area contributed by atoms with Gasteiger partial charge in [0, 0.05) is 57.2 Å². The molecule has 4 aromatic carbocycles. The fourth-order valence-corrected chi connectivity index (χ4v) is 11.7. The Morgan fingerprint density at radius 1 is 0.427 bits per heavy atom. The Kier molecular flexibility index (Phi) is 23.7. The number of benzene rings is 4. The van der Waals surface area contributed by atoms with Crippen molar-refractivity contribution in [1.29, 1.82) is 0 Å². The van der Waals surface area contributed by atoms with Crippen LogP contribution in [0, 0.1) is 0 Å². The van der Waals surface area contributed by atoms with Crippen molar-refractivity contribution in [2.24, 2.45) is 0 Å². The Morgan fingerprint density at radius 2 is 0.787 bits per heavy atom. The maximum Gasteiger partial charge on any atom is 0.338 e. The molecular weight excluding hydrogens is 1140 g/mol. The number of urea groups is 5. The van der Waals surface area contributed by atoms with Crippen LogP contribution in [0.25, 0.3) is 0 Å². The highest BCUT2D eigenvalue weighted by Gasteiger charge is 2.29. The molecule has 0 saturated heterocycles. The van der Waals surface area contributed by atoms with Crippen molar-refractivity contribution in [3.8, 4) is 0 Å². The molecule has 0 radical (unpaired) electrons. The molecule has 474 valence electrons. The zero-order valence-electron chi connectivity index (χ0n) is 52.1. The summed E-state index contributed by atoms with van der Waals surface area (Å²) in [6, 6.07) is 4.66. The van der Waals surface area contributed by atoms with Crippen LogP contribution in [-0.2, 0) is 102 Å². The fourth-order valence-electron chi connectivity index (χ4n) is 11.7. The van der Waals surface area contributed by atoms with Crippen molar-refractivity contribution in [2.75, 3.05) is 41.1 Å². The second-order valence-electron chi connectivity index (χ2n) is 20.9. The smallest absolute Gasteiger partial charge is 0.338 e. The molecule has 11 amide bonds. The van der Waals surface area contributed by atoms with Gasteiger partial charge in [0.25, 0.3) is 0 Å². The molecule has 24 heteroatoms. The molecule has 6 bridgehead atoms. The lowest BCUT2D eigenvalue weighted by Crippen LogP contribution is -2.48. The zero-order chi connectivity index (χ0) is 64.3. The molecule has 3 aliphatic heterocycles. The standard InChI is InChI=1S/C65H82N12O12/c1-10-39-45-30-66-26-25-57(78)72-54-27-36(58(79)87-16-7)19-22-51(54)73-61(82)67-33-48-42(13-4)49-34-68-62(83)74-52-23-20-37(59(80)88-17-8)28-55(52)76-64(85)70-31-46(39)41(12-3)47(40(45)11-2)32-71-65(86)77-56-29-38(60(81)89-18-9)21-24-53(56)75-63(84)69-35-50(43(48)14-5)44(49)15-6/h19-23,25-29,53,66H,10-18,24,30-35H2,1-9H3,(H,72,78)(H2,67,73,82)(H2,68,74,83)(H2,69,75,84)(H2,70,76,85)(H2,71,77,86). The Labute approximate surface area is 518 Å². The third-order valence-electron chi connectivity index (χ3n) is 15.7. The summed E-state index contributed by atoms with van der Waals surface area (Å²) < 4.78 is 15.9. The minimum Gasteiger partial charge on any atom is -0.462 e. The summed E-state index contributed by atoms with van der Waals surface area (Å²) in [6.45, 7) is 17.1. The summed E-state index contributed by atoms with van der Waals surface area (Å²) in [5.74, 6) is -2.52. The Balaban J connectivity index is 1.46. The minimum atomic E-state index is -0.832. The third kappa shape index (κ3) is 16.4. The SMILES string of the molecule is CCOC(=O)C1=CCC2NC(=O)NCc3c(CC)c4c(CC)c(c3CC)CNC(=O)Nc3ccc(C(=O)OCC)cc3NC(=O)NCc3c(CC)c(c(CC)c(c3CC)CNC(=O)NC2=C1)CNC=CC(=O)Nc1cc(C(=O)OCC)ccc1NC(=O)NC4. The molecule has 89 heavy (non-hydrogen) atoms. The molecule has 1 atom stereocenters. The van der Waals surface area contributed by atoms with Gasteiger partial charge in [0.2, 0.25) is 5.91 Å². The number of esters is 3. The van der Waals surface area contributed by atoms with Crippen molar-refractivity contribution < 1.29 is 57.4 Å². The van der Waals surface area contributed by atoms with E-state index in [4.69, 9.17) is 14.2 Å². The Hall–Kier alpha value is -9.87. The van der Waals surface area contributed by atoms with Gasteiger partial charge in [-0.25, -0.2) is 38.4 Å². The number of nitrogens with one attached hydrogen (secondary N) is 12. The first-order chi connectivity index (χ1) is 42.9. The molecule has 0 fully saturated rings. The summed E-state index contributed by atoms with van der Waals surface area (Å²) in [7, 11) is 0. The van der Waals surface area contributed by atoms with E-state index < -0.39 is 60.0 Å². The summed E-state index contributed by atoms with van der Waals surface area (Å²) >= 11 is 0. The predicted octanol–water partition coefficient (Wildman–Crippen LogP) is 8.69. The fraction of sp³-hybridized carbons (Fsp3) is 0.400. The van der Waals surface area contributed by atoms with E-state index in [1.54, 1.807) is 26.8 Å². The van der Waals surface area contributed by atoms with Crippen molar-refractivity contribution in [1.82, 2.24) is 42.5 Å². The normalized spacial score (nSPS) is 16.0. The number of ether oxygens (including phenoxy) is 3. The van der Waals surface area contributed by atoms with Gasteiger partial charge in [-0.2, -0.15) is 0 Å². The van der Waals surface area contributed by atoms with Gasteiger partial charge in [-0.05, 0) is 175 Å². The number of hydrogen-bond donors (Lipinski definition) is 12. The number of amides is 11. The first-order valence-corrected chi connectivity index (χ1v) is 30.4. The zero-order valence-corrected chi connectivity index (χ0v) is 52.1. The summed E-state index contributed by atoms with van der Waals surface area (Å²) in [5.41, 5.74) is 10.7. The van der Waals surface area contributed by atoms with Crippen molar-refractivity contribution >= 4 is 76.7 Å². The molecule has 8 rings (SSSR count). The Morgan fingerprint density at radius 3 is 1.19 bits per heavy atom. The van der Waals surface area contributed by atoms with Gasteiger partial charge < -0.3 is 78.0 Å². The van der Waals surface area contributed by atoms with Crippen LogP contribution in [0.15, 0.2) is 72.1 Å². The van der Waals surface area contributed by atoms with Crippen molar-refractivity contribution in [3.63, 3.8) is 0 Å². The average Bonchev–Trinajstić information content (AvgIpc) is 1.22. The second-order valence-corrected chi connectivity index (χ2v) is 20.9. The van der Waals surface area contributed by atoms with Crippen molar-refractivity contribution in [3.05, 3.63) is 150 Å². The maximum absolute atomic E-state index is 14.4. The van der Waals surface area contributed by atoms with Gasteiger partial charge in [-0.15, -0.1) is 0 Å². The number of hydrogen-bond acceptors (Lipinski definition) is 13. The monoisotopic (exact) mass is 1220 g/mol. The Bertz CT molecular complexity index is 3500. The molecule has 1 aliphatic carbocycles. The number of carbonyl (C=O) groups excluding carboxylic acids is 9. The molecule has 4 aliphatic rings. The highest BCUT2D eigenvalue weighted by Crippen LogP contribution is 2.34. The van der Waals surface area contributed by atoms with E-state index in [0.717, 1.165) is 55.6 Å². The van der Waals surface area contributed by atoms with Crippen LogP contribution < -0.4 is 63.8 Å². The van der Waals surface area contributed by atoms with E-state index in [-0.39, 0.29) is 111 Å². The lowest BCUT2D eigenvalue weighted by molar-refractivity contribution is -0.138. The molecule has 0 saturated carbocycles. The van der Waals surface area contributed by atoms with Gasteiger partial charge in [0.05, 0.1) is 65.3 Å². The third-order valence-corrected chi connectivity index (χ3v) is 15.7. The highest BCUT2D eigenvalue weighted by molar-refractivity contribution is 6.05. The molecule has 1 unspecified atom stereocenters. The van der Waals surface area contributed by atoms with Crippen LogP contribution >= 0.6 is 0 Å². The van der Waals surface area contributed by atoms with Gasteiger partial charge >= 0.3 is 48.1 Å². The number of carbonyl (C=O) groups is 9. The molecule has 0 aromatic heterocycles. The van der Waals surface area contributed by atoms with Crippen LogP contribution in [0.1, 0.15) is 156 Å². The van der Waals surface area contributed by atoms with Crippen LogP contribution in [0.4, 0.5) is 46.7 Å². The van der Waals surface area contributed by atoms with Gasteiger partial charge in [-0.1, -0.05) is 47.6 Å². The molecule has 4 aromatic rings. The largest absolute Gasteiger partial charge is 0.462 e. The number of fused-ring (bicyclic) bond motifs is 19. The molecular formula is C65H82N12O12. The van der Waals surface area contributed by atoms with E-state index >= 15 is 0 Å². The maximum atomic E-state index is 14.4. The minimum absolute atomic E-state index is 0.0175. The summed E-state index contributed by atoms with van der Waals surface area (Å²) in [5, 5.41) is 35.7. The second kappa shape index (κ2) is 31.7. The molecule has 24 nitrogen and oxygen atoms in total. The molecule has 0 spiro atoms. The summed E-state index contributed by atoms with van der Waals surface area (Å²) in [6.07, 6.45) is 8.69. The number of anilines is 4. The lowest BCUT2D eigenvalue weighted by atomic mass is 9.83. The van der Waals surface area contributed by atoms with Crippen LogP contribution in [0.2, 0.25) is 0 Å². The summed E-state index contributed by atoms with van der Waals surface area (Å²) in [4.78, 5) is 125. The topological polar surface area (TPSA) is 326 Å². The highest BCUT2D eigenvalue weighted by atomic mass is 16.5. The van der Waals surface area contributed by atoms with Gasteiger partial charge in [-0.3, -0.25) is 4.79 Å². The quantitative estimate of drug-likeness (QED) is 0.0467. The first kappa shape index (κ1) is 66.7. The van der Waals surface area contributed by atoms with Crippen LogP contribution in [0.5, 0.6) is 0 Å².